The summed E-state index contributed by atoms with van der Waals surface area (Å²) in [5.74, 6) is 5.29. The number of anilines is 1. The normalized spacial score (nSPS) is 17.3. The highest BCUT2D eigenvalue weighted by molar-refractivity contribution is 6.33. The lowest BCUT2D eigenvalue weighted by atomic mass is 9.94. The SMILES string of the molecule is CN(CC1(O)CCOCC1)C(=O)c1cnc(NN)c(Cl)c1. The molecule has 0 radical (unpaired) electrons. The molecule has 0 spiro atoms. The molecule has 1 amide bonds. The summed E-state index contributed by atoms with van der Waals surface area (Å²) in [6, 6.07) is 1.50. The van der Waals surface area contributed by atoms with Crippen molar-refractivity contribution in [3.05, 3.63) is 22.8 Å². The number of ether oxygens (including phenoxy) is 1. The summed E-state index contributed by atoms with van der Waals surface area (Å²) in [5.41, 5.74) is 1.78. The zero-order valence-electron chi connectivity index (χ0n) is 11.8. The number of nitrogen functional groups attached to an aromatic ring is 1. The van der Waals surface area contributed by atoms with Gasteiger partial charge in [-0.15, -0.1) is 0 Å². The highest BCUT2D eigenvalue weighted by Crippen LogP contribution is 2.23. The van der Waals surface area contributed by atoms with Crippen molar-refractivity contribution < 1.29 is 14.6 Å². The molecule has 2 rings (SSSR count). The van der Waals surface area contributed by atoms with Gasteiger partial charge in [-0.25, -0.2) is 10.8 Å². The maximum atomic E-state index is 12.3. The van der Waals surface area contributed by atoms with Gasteiger partial charge in [0.2, 0.25) is 0 Å². The van der Waals surface area contributed by atoms with Crippen LogP contribution in [0.2, 0.25) is 5.02 Å². The third kappa shape index (κ3) is 3.82. The Morgan fingerprint density at radius 2 is 2.29 bits per heavy atom. The molecule has 1 fully saturated rings. The second-order valence-electron chi connectivity index (χ2n) is 5.20. The first-order valence-corrected chi connectivity index (χ1v) is 7.01. The number of hydrazine groups is 1. The smallest absolute Gasteiger partial charge is 0.255 e. The summed E-state index contributed by atoms with van der Waals surface area (Å²) in [5, 5.41) is 10.7. The highest BCUT2D eigenvalue weighted by atomic mass is 35.5. The van der Waals surface area contributed by atoms with Crippen LogP contribution in [0.5, 0.6) is 0 Å². The number of aromatic nitrogens is 1. The highest BCUT2D eigenvalue weighted by Gasteiger charge is 2.32. The molecule has 0 bridgehead atoms. The van der Waals surface area contributed by atoms with Crippen LogP contribution in [0.4, 0.5) is 5.82 Å². The number of nitrogens with zero attached hydrogens (tertiary/aromatic N) is 2. The summed E-state index contributed by atoms with van der Waals surface area (Å²) in [7, 11) is 1.64. The number of likely N-dealkylation sites (N-methyl/N-ethyl adjacent to an activating group) is 1. The fourth-order valence-electron chi connectivity index (χ4n) is 2.30. The topological polar surface area (TPSA) is 101 Å². The summed E-state index contributed by atoms with van der Waals surface area (Å²) >= 11 is 5.96. The van der Waals surface area contributed by atoms with Crippen LogP contribution in [0.15, 0.2) is 12.3 Å². The van der Waals surface area contributed by atoms with Crippen molar-refractivity contribution in [3.63, 3.8) is 0 Å². The van der Waals surface area contributed by atoms with E-state index in [1.54, 1.807) is 7.05 Å². The summed E-state index contributed by atoms with van der Waals surface area (Å²) < 4.78 is 5.22. The van der Waals surface area contributed by atoms with Crippen LogP contribution in [0.25, 0.3) is 0 Å². The minimum absolute atomic E-state index is 0.240. The first-order valence-electron chi connectivity index (χ1n) is 6.63. The van der Waals surface area contributed by atoms with Gasteiger partial charge >= 0.3 is 0 Å². The number of pyridine rings is 1. The fourth-order valence-corrected chi connectivity index (χ4v) is 2.53. The van der Waals surface area contributed by atoms with E-state index in [-0.39, 0.29) is 17.5 Å². The molecule has 4 N–H and O–H groups in total. The van der Waals surface area contributed by atoms with Gasteiger partial charge < -0.3 is 20.2 Å². The number of aliphatic hydroxyl groups is 1. The Morgan fingerprint density at radius 3 is 2.86 bits per heavy atom. The van der Waals surface area contributed by atoms with Gasteiger partial charge in [0.05, 0.1) is 16.2 Å². The molecule has 21 heavy (non-hydrogen) atoms. The van der Waals surface area contributed by atoms with Crippen LogP contribution >= 0.6 is 11.6 Å². The van der Waals surface area contributed by atoms with E-state index in [1.807, 2.05) is 0 Å². The van der Waals surface area contributed by atoms with Gasteiger partial charge in [0.15, 0.2) is 5.82 Å². The molecule has 0 aliphatic carbocycles. The van der Waals surface area contributed by atoms with Gasteiger partial charge in [-0.1, -0.05) is 11.6 Å². The quantitative estimate of drug-likeness (QED) is 0.557. The lowest BCUT2D eigenvalue weighted by molar-refractivity contribution is -0.0734. The number of hydrogen-bond acceptors (Lipinski definition) is 6. The molecule has 7 nitrogen and oxygen atoms in total. The maximum Gasteiger partial charge on any atom is 0.255 e. The third-order valence-electron chi connectivity index (χ3n) is 3.53. The molecule has 1 aromatic heterocycles. The minimum Gasteiger partial charge on any atom is -0.388 e. The van der Waals surface area contributed by atoms with Crippen molar-refractivity contribution in [3.8, 4) is 0 Å². The molecule has 2 heterocycles. The van der Waals surface area contributed by atoms with E-state index in [0.717, 1.165) is 0 Å². The zero-order chi connectivity index (χ0) is 15.5. The lowest BCUT2D eigenvalue weighted by Gasteiger charge is -2.35. The molecular weight excluding hydrogens is 296 g/mol. The molecule has 8 heteroatoms. The van der Waals surface area contributed by atoms with Crippen LogP contribution in [0, 0.1) is 0 Å². The van der Waals surface area contributed by atoms with Gasteiger partial charge in [0.1, 0.15) is 0 Å². The van der Waals surface area contributed by atoms with E-state index in [1.165, 1.54) is 17.2 Å². The second-order valence-corrected chi connectivity index (χ2v) is 5.60. The Hall–Kier alpha value is -1.41. The summed E-state index contributed by atoms with van der Waals surface area (Å²) in [6.07, 6.45) is 2.42. The average molecular weight is 315 g/mol. The van der Waals surface area contributed by atoms with E-state index in [2.05, 4.69) is 10.4 Å². The van der Waals surface area contributed by atoms with Crippen molar-refractivity contribution in [2.24, 2.45) is 5.84 Å². The molecule has 0 aromatic carbocycles. The van der Waals surface area contributed by atoms with Crippen LogP contribution in [-0.2, 0) is 4.74 Å². The van der Waals surface area contributed by atoms with Crippen LogP contribution in [-0.4, -0.2) is 53.3 Å². The predicted octanol–water partition coefficient (Wildman–Crippen LogP) is 0.634. The van der Waals surface area contributed by atoms with Crippen molar-refractivity contribution in [2.75, 3.05) is 32.2 Å². The maximum absolute atomic E-state index is 12.3. The predicted molar refractivity (Wildman–Crippen MR) is 79.0 cm³/mol. The third-order valence-corrected chi connectivity index (χ3v) is 3.81. The number of nitrogens with two attached hydrogens (primary N) is 1. The Labute approximate surface area is 128 Å². The van der Waals surface area contributed by atoms with Crippen molar-refractivity contribution in [1.82, 2.24) is 9.88 Å². The number of hydrogen-bond donors (Lipinski definition) is 3. The van der Waals surface area contributed by atoms with Crippen molar-refractivity contribution in [1.29, 1.82) is 0 Å². The summed E-state index contributed by atoms with van der Waals surface area (Å²) in [6.45, 7) is 1.25. The molecule has 116 valence electrons. The molecule has 1 aliphatic rings. The van der Waals surface area contributed by atoms with E-state index in [9.17, 15) is 9.90 Å². The van der Waals surface area contributed by atoms with E-state index in [4.69, 9.17) is 22.2 Å². The van der Waals surface area contributed by atoms with E-state index < -0.39 is 5.60 Å². The first kappa shape index (κ1) is 16.0. The number of carbonyl (C=O) groups is 1. The number of amides is 1. The number of nitrogens with one attached hydrogen (secondary N) is 1. The first-order chi connectivity index (χ1) is 9.95. The van der Waals surface area contributed by atoms with Crippen molar-refractivity contribution >= 4 is 23.3 Å². The van der Waals surface area contributed by atoms with Gasteiger partial charge in [-0.2, -0.15) is 0 Å². The van der Waals surface area contributed by atoms with Gasteiger partial charge in [-0.3, -0.25) is 4.79 Å². The Balaban J connectivity index is 2.06. The second kappa shape index (κ2) is 6.57. The Morgan fingerprint density at radius 1 is 1.62 bits per heavy atom. The Bertz CT molecular complexity index is 520. The molecule has 1 saturated heterocycles. The number of halogens is 1. The van der Waals surface area contributed by atoms with Gasteiger partial charge in [-0.05, 0) is 6.07 Å². The average Bonchev–Trinajstić information content (AvgIpc) is 2.46. The largest absolute Gasteiger partial charge is 0.388 e. The number of rotatable bonds is 4. The standard InChI is InChI=1S/C13H19ClN4O3/c1-18(8-13(20)2-4-21-5-3-13)12(19)9-6-10(14)11(17-15)16-7-9/h6-7,20H,2-5,8,15H2,1H3,(H,16,17). The van der Waals surface area contributed by atoms with Crippen LogP contribution < -0.4 is 11.3 Å². The summed E-state index contributed by atoms with van der Waals surface area (Å²) in [4.78, 5) is 17.8. The Kier molecular flexibility index (Phi) is 5.00. The molecule has 1 aromatic rings. The number of carbonyl (C=O) groups excluding carboxylic acids is 1. The van der Waals surface area contributed by atoms with Gasteiger partial charge in [0.25, 0.3) is 5.91 Å². The zero-order valence-corrected chi connectivity index (χ0v) is 12.6. The molecule has 0 saturated carbocycles. The monoisotopic (exact) mass is 314 g/mol. The van der Waals surface area contributed by atoms with Crippen molar-refractivity contribution in [2.45, 2.75) is 18.4 Å². The van der Waals surface area contributed by atoms with E-state index in [0.29, 0.717) is 37.4 Å². The van der Waals surface area contributed by atoms with Crippen LogP contribution in [0.1, 0.15) is 23.2 Å². The van der Waals surface area contributed by atoms with Gasteiger partial charge in [0, 0.05) is 45.8 Å². The fraction of sp³-hybridized carbons (Fsp3) is 0.538. The minimum atomic E-state index is -0.904. The van der Waals surface area contributed by atoms with E-state index >= 15 is 0 Å². The lowest BCUT2D eigenvalue weighted by Crippen LogP contribution is -2.47. The molecule has 0 unspecified atom stereocenters. The van der Waals surface area contributed by atoms with Crippen LogP contribution in [0.3, 0.4) is 0 Å². The molecule has 1 aliphatic heterocycles. The molecular formula is C13H19ClN4O3. The molecule has 0 atom stereocenters.